The number of benzene rings is 1. The number of nitrogens with zero attached hydrogens (tertiary/aromatic N) is 4. The van der Waals surface area contributed by atoms with Gasteiger partial charge in [0.25, 0.3) is 0 Å². The minimum absolute atomic E-state index is 0.0720. The molecule has 0 bridgehead atoms. The van der Waals surface area contributed by atoms with Crippen molar-refractivity contribution >= 4 is 5.97 Å². The Labute approximate surface area is 122 Å². The summed E-state index contributed by atoms with van der Waals surface area (Å²) in [5.41, 5.74) is 2.18. The maximum absolute atomic E-state index is 11.0. The van der Waals surface area contributed by atoms with Crippen molar-refractivity contribution in [1.29, 1.82) is 0 Å². The zero-order chi connectivity index (χ0) is 14.8. The molecule has 21 heavy (non-hydrogen) atoms. The lowest BCUT2D eigenvalue weighted by Gasteiger charge is -2.05. The molecule has 110 valence electrons. The van der Waals surface area contributed by atoms with Crippen molar-refractivity contribution in [3.05, 3.63) is 35.7 Å². The van der Waals surface area contributed by atoms with Gasteiger partial charge >= 0.3 is 5.97 Å². The van der Waals surface area contributed by atoms with Crippen molar-refractivity contribution in [2.75, 3.05) is 0 Å². The Morgan fingerprint density at radius 3 is 2.76 bits per heavy atom. The number of aryl methyl sites for hydroxylation is 1. The number of carbonyl (C=O) groups is 1. The van der Waals surface area contributed by atoms with Gasteiger partial charge in [-0.3, -0.25) is 4.79 Å². The zero-order valence-electron chi connectivity index (χ0n) is 11.9. The fourth-order valence-electron chi connectivity index (χ4n) is 2.55. The van der Waals surface area contributed by atoms with E-state index < -0.39 is 5.97 Å². The van der Waals surface area contributed by atoms with E-state index in [9.17, 15) is 4.79 Å². The van der Waals surface area contributed by atoms with Crippen molar-refractivity contribution < 1.29 is 9.90 Å². The largest absolute Gasteiger partial charge is 0.481 e. The van der Waals surface area contributed by atoms with Crippen LogP contribution in [-0.4, -0.2) is 31.3 Å². The summed E-state index contributed by atoms with van der Waals surface area (Å²) in [6.07, 6.45) is 4.04. The minimum Gasteiger partial charge on any atom is -0.481 e. The Morgan fingerprint density at radius 1 is 1.38 bits per heavy atom. The van der Waals surface area contributed by atoms with Crippen LogP contribution in [0.4, 0.5) is 0 Å². The number of hydrogen-bond acceptors (Lipinski definition) is 4. The predicted octanol–water partition coefficient (Wildman–Crippen LogP) is 2.19. The second kappa shape index (κ2) is 5.63. The molecule has 1 aromatic heterocycles. The molecule has 6 nitrogen and oxygen atoms in total. The lowest BCUT2D eigenvalue weighted by molar-refractivity contribution is -0.138. The summed E-state index contributed by atoms with van der Waals surface area (Å²) in [6.45, 7) is 2.18. The molecular weight excluding hydrogens is 268 g/mol. The molecule has 2 aromatic rings. The van der Waals surface area contributed by atoms with E-state index in [0.717, 1.165) is 12.1 Å². The fraction of sp³-hybridized carbons (Fsp3) is 0.467. The minimum atomic E-state index is -0.774. The smallest absolute Gasteiger partial charge is 0.307 e. The van der Waals surface area contributed by atoms with Crippen LogP contribution in [0.5, 0.6) is 0 Å². The highest BCUT2D eigenvalue weighted by Crippen LogP contribution is 2.46. The van der Waals surface area contributed by atoms with Gasteiger partial charge in [0.1, 0.15) is 0 Å². The normalized spacial score (nSPS) is 20.4. The third kappa shape index (κ3) is 2.79. The molecule has 1 aromatic carbocycles. The molecule has 0 radical (unpaired) electrons. The van der Waals surface area contributed by atoms with Crippen LogP contribution in [0.15, 0.2) is 24.3 Å². The van der Waals surface area contributed by atoms with Gasteiger partial charge in [-0.15, -0.1) is 5.10 Å². The molecule has 0 spiro atoms. The van der Waals surface area contributed by atoms with E-state index in [-0.39, 0.29) is 11.8 Å². The molecule has 2 atom stereocenters. The first kappa shape index (κ1) is 13.7. The summed E-state index contributed by atoms with van der Waals surface area (Å²) >= 11 is 0. The molecule has 3 rings (SSSR count). The summed E-state index contributed by atoms with van der Waals surface area (Å²) in [6, 6.07) is 8.14. The Bertz CT molecular complexity index is 635. The quantitative estimate of drug-likeness (QED) is 0.880. The van der Waals surface area contributed by atoms with Crippen molar-refractivity contribution in [2.45, 2.75) is 38.5 Å². The van der Waals surface area contributed by atoms with Crippen LogP contribution in [0, 0.1) is 5.92 Å². The molecule has 6 heteroatoms. The first-order valence-corrected chi connectivity index (χ1v) is 7.31. The molecule has 0 saturated heterocycles. The Kier molecular flexibility index (Phi) is 3.68. The summed E-state index contributed by atoms with van der Waals surface area (Å²) in [5.74, 6) is -0.552. The molecule has 2 unspecified atom stereocenters. The van der Waals surface area contributed by atoms with Gasteiger partial charge in [-0.2, -0.15) is 4.68 Å². The summed E-state index contributed by atoms with van der Waals surface area (Å²) in [7, 11) is 0. The third-order valence-corrected chi connectivity index (χ3v) is 3.93. The van der Waals surface area contributed by atoms with E-state index in [4.69, 9.17) is 5.11 Å². The van der Waals surface area contributed by atoms with Gasteiger partial charge < -0.3 is 5.11 Å². The number of hydrogen-bond donors (Lipinski definition) is 1. The van der Waals surface area contributed by atoms with Gasteiger partial charge in [0.15, 0.2) is 5.82 Å². The highest BCUT2D eigenvalue weighted by atomic mass is 16.4. The second-order valence-corrected chi connectivity index (χ2v) is 5.51. The average Bonchev–Trinajstić information content (AvgIpc) is 3.16. The van der Waals surface area contributed by atoms with Gasteiger partial charge in [0.05, 0.1) is 11.6 Å². The van der Waals surface area contributed by atoms with Crippen LogP contribution in [0.3, 0.4) is 0 Å². The molecule has 1 saturated carbocycles. The van der Waals surface area contributed by atoms with E-state index in [2.05, 4.69) is 34.6 Å². The number of rotatable bonds is 6. The van der Waals surface area contributed by atoms with Gasteiger partial charge in [0.2, 0.25) is 0 Å². The van der Waals surface area contributed by atoms with E-state index in [0.29, 0.717) is 12.2 Å². The first-order chi connectivity index (χ1) is 10.2. The standard InChI is InChI=1S/C15H18N4O2/c1-2-3-4-10-5-7-11(8-6-10)19-14(16-17-18-19)12-9-13(12)15(20)21/h5-8,12-13H,2-4,9H2,1H3,(H,20,21). The van der Waals surface area contributed by atoms with E-state index in [1.54, 1.807) is 4.68 Å². The highest BCUT2D eigenvalue weighted by Gasteiger charge is 2.47. The Hall–Kier alpha value is -2.24. The SMILES string of the molecule is CCCCc1ccc(-n2nnnc2C2CC2C(=O)O)cc1. The summed E-state index contributed by atoms with van der Waals surface area (Å²) < 4.78 is 1.65. The lowest BCUT2D eigenvalue weighted by atomic mass is 10.1. The third-order valence-electron chi connectivity index (χ3n) is 3.93. The van der Waals surface area contributed by atoms with Crippen molar-refractivity contribution in [3.63, 3.8) is 0 Å². The molecule has 1 heterocycles. The fourth-order valence-corrected chi connectivity index (χ4v) is 2.55. The number of unbranched alkanes of at least 4 members (excludes halogenated alkanes) is 1. The molecule has 1 aliphatic rings. The summed E-state index contributed by atoms with van der Waals surface area (Å²) in [4.78, 5) is 11.0. The number of carboxylic acid groups (broad SMARTS) is 1. The Morgan fingerprint density at radius 2 is 2.14 bits per heavy atom. The number of carboxylic acids is 1. The van der Waals surface area contributed by atoms with Crippen molar-refractivity contribution in [3.8, 4) is 5.69 Å². The monoisotopic (exact) mass is 286 g/mol. The van der Waals surface area contributed by atoms with Crippen LogP contribution in [0.25, 0.3) is 5.69 Å². The van der Waals surface area contributed by atoms with Crippen LogP contribution < -0.4 is 0 Å². The van der Waals surface area contributed by atoms with Gasteiger partial charge in [-0.05, 0) is 47.4 Å². The maximum Gasteiger partial charge on any atom is 0.307 e. The van der Waals surface area contributed by atoms with Gasteiger partial charge in [0, 0.05) is 5.92 Å². The van der Waals surface area contributed by atoms with Crippen molar-refractivity contribution in [1.82, 2.24) is 20.2 Å². The maximum atomic E-state index is 11.0. The number of aliphatic carboxylic acids is 1. The van der Waals surface area contributed by atoms with Crippen LogP contribution >= 0.6 is 0 Å². The van der Waals surface area contributed by atoms with Crippen molar-refractivity contribution in [2.24, 2.45) is 5.92 Å². The Balaban J connectivity index is 1.79. The van der Waals surface area contributed by atoms with Crippen LogP contribution in [-0.2, 0) is 11.2 Å². The van der Waals surface area contributed by atoms with E-state index in [1.807, 2.05) is 12.1 Å². The first-order valence-electron chi connectivity index (χ1n) is 7.31. The van der Waals surface area contributed by atoms with Gasteiger partial charge in [-0.1, -0.05) is 25.5 Å². The highest BCUT2D eigenvalue weighted by molar-refractivity contribution is 5.74. The molecule has 0 aliphatic heterocycles. The van der Waals surface area contributed by atoms with Gasteiger partial charge in [-0.25, -0.2) is 0 Å². The topological polar surface area (TPSA) is 80.9 Å². The second-order valence-electron chi connectivity index (χ2n) is 5.51. The molecular formula is C15H18N4O2. The molecule has 0 amide bonds. The molecule has 1 N–H and O–H groups in total. The predicted molar refractivity (Wildman–Crippen MR) is 76.2 cm³/mol. The number of aromatic nitrogens is 4. The van der Waals surface area contributed by atoms with Crippen LogP contribution in [0.1, 0.15) is 43.5 Å². The summed E-state index contributed by atoms with van der Waals surface area (Å²) in [5, 5.41) is 20.7. The molecule has 1 aliphatic carbocycles. The number of tetrazole rings is 1. The molecule has 1 fully saturated rings. The lowest BCUT2D eigenvalue weighted by Crippen LogP contribution is -2.05. The van der Waals surface area contributed by atoms with E-state index in [1.165, 1.54) is 18.4 Å². The average molecular weight is 286 g/mol. The zero-order valence-corrected chi connectivity index (χ0v) is 11.9. The van der Waals surface area contributed by atoms with Crippen LogP contribution in [0.2, 0.25) is 0 Å². The van der Waals surface area contributed by atoms with E-state index >= 15 is 0 Å².